The lowest BCUT2D eigenvalue weighted by Crippen LogP contribution is -2.28. The number of amides is 1. The Balaban J connectivity index is 2.39. The molecular weight excluding hydrogens is 257 g/mol. The highest BCUT2D eigenvalue weighted by molar-refractivity contribution is 7.87. The van der Waals surface area contributed by atoms with Crippen LogP contribution in [0.1, 0.15) is 17.5 Å². The molecule has 2 rings (SSSR count). The lowest BCUT2D eigenvalue weighted by molar-refractivity contribution is -0.117. The van der Waals surface area contributed by atoms with E-state index in [4.69, 9.17) is 0 Å². The third-order valence-corrected chi connectivity index (χ3v) is 4.31. The summed E-state index contributed by atoms with van der Waals surface area (Å²) in [5.41, 5.74) is 2.44. The minimum atomic E-state index is -4.66. The zero-order valence-electron chi connectivity index (χ0n) is 10.2. The number of hydrogen-bond donors (Lipinski definition) is 0. The lowest BCUT2D eigenvalue weighted by atomic mass is 10.1. The second-order valence-electron chi connectivity index (χ2n) is 4.55. The smallest absolute Gasteiger partial charge is 0.307 e. The van der Waals surface area contributed by atoms with Crippen molar-refractivity contribution in [2.75, 3.05) is 11.4 Å². The summed E-state index contributed by atoms with van der Waals surface area (Å²) in [6.07, 6.45) is -0.285. The van der Waals surface area contributed by atoms with E-state index in [0.29, 0.717) is 5.69 Å². The predicted molar refractivity (Wildman–Crippen MR) is 66.7 cm³/mol. The molecule has 0 N–H and O–H groups in total. The number of aryl methyl sites for hydroxylation is 2. The van der Waals surface area contributed by atoms with Crippen LogP contribution in [0, 0.1) is 13.8 Å². The number of rotatable bonds is 2. The largest absolute Gasteiger partial charge is 0.310 e. The molecule has 1 aromatic rings. The first kappa shape index (κ1) is 13.0. The number of halogens is 1. The summed E-state index contributed by atoms with van der Waals surface area (Å²) in [5.74, 6) is -0.348. The number of anilines is 1. The average molecular weight is 271 g/mol. The van der Waals surface area contributed by atoms with Crippen LogP contribution in [0.3, 0.4) is 0 Å². The van der Waals surface area contributed by atoms with Gasteiger partial charge < -0.3 is 4.90 Å². The van der Waals surface area contributed by atoms with Crippen molar-refractivity contribution in [2.24, 2.45) is 0 Å². The molecule has 1 unspecified atom stereocenters. The number of para-hydroxylation sites is 1. The van der Waals surface area contributed by atoms with Crippen LogP contribution in [0.25, 0.3) is 0 Å². The Hall–Kier alpha value is -1.43. The fraction of sp³-hybridized carbons (Fsp3) is 0.417. The van der Waals surface area contributed by atoms with Gasteiger partial charge in [-0.1, -0.05) is 18.2 Å². The summed E-state index contributed by atoms with van der Waals surface area (Å²) in [4.78, 5) is 13.2. The maximum atomic E-state index is 13.0. The van der Waals surface area contributed by atoms with Crippen LogP contribution < -0.4 is 4.90 Å². The molecule has 1 amide bonds. The van der Waals surface area contributed by atoms with E-state index < -0.39 is 15.5 Å². The van der Waals surface area contributed by atoms with Crippen molar-refractivity contribution in [1.29, 1.82) is 0 Å². The van der Waals surface area contributed by atoms with Gasteiger partial charge in [0.1, 0.15) is 5.25 Å². The Kier molecular flexibility index (Phi) is 3.14. The first-order chi connectivity index (χ1) is 8.30. The van der Waals surface area contributed by atoms with Gasteiger partial charge in [-0.2, -0.15) is 8.42 Å². The molecule has 0 spiro atoms. The van der Waals surface area contributed by atoms with Gasteiger partial charge in [-0.15, -0.1) is 3.89 Å². The van der Waals surface area contributed by atoms with Crippen molar-refractivity contribution in [3.63, 3.8) is 0 Å². The monoisotopic (exact) mass is 271 g/mol. The molecule has 98 valence electrons. The fourth-order valence-corrected chi connectivity index (χ4v) is 2.98. The fourth-order valence-electron chi connectivity index (χ4n) is 2.31. The van der Waals surface area contributed by atoms with Gasteiger partial charge in [-0.05, 0) is 25.0 Å². The van der Waals surface area contributed by atoms with Crippen molar-refractivity contribution < 1.29 is 17.1 Å². The summed E-state index contributed by atoms with van der Waals surface area (Å²) in [6.45, 7) is 3.57. The topological polar surface area (TPSA) is 54.5 Å². The SMILES string of the molecule is Cc1cccc(C)c1N1CC(S(=O)(=O)F)CC1=O. The molecule has 0 aliphatic carbocycles. The van der Waals surface area contributed by atoms with Crippen LogP contribution in [0.5, 0.6) is 0 Å². The molecule has 0 radical (unpaired) electrons. The van der Waals surface area contributed by atoms with E-state index in [-0.39, 0.29) is 18.9 Å². The van der Waals surface area contributed by atoms with Gasteiger partial charge in [-0.3, -0.25) is 4.79 Å². The van der Waals surface area contributed by atoms with E-state index >= 15 is 0 Å². The molecule has 18 heavy (non-hydrogen) atoms. The second kappa shape index (κ2) is 4.35. The summed E-state index contributed by atoms with van der Waals surface area (Å²) >= 11 is 0. The van der Waals surface area contributed by atoms with Crippen molar-refractivity contribution in [1.82, 2.24) is 0 Å². The van der Waals surface area contributed by atoms with Crippen molar-refractivity contribution in [2.45, 2.75) is 25.5 Å². The van der Waals surface area contributed by atoms with Gasteiger partial charge in [0, 0.05) is 18.7 Å². The maximum Gasteiger partial charge on any atom is 0.307 e. The van der Waals surface area contributed by atoms with Gasteiger partial charge in [-0.25, -0.2) is 0 Å². The van der Waals surface area contributed by atoms with Gasteiger partial charge in [0.2, 0.25) is 5.91 Å². The predicted octanol–water partition coefficient (Wildman–Crippen LogP) is 1.71. The number of carbonyl (C=O) groups excluding carboxylic acids is 1. The summed E-state index contributed by atoms with van der Waals surface area (Å²) in [7, 11) is -4.66. The minimum absolute atomic E-state index is 0.108. The molecule has 0 bridgehead atoms. The highest BCUT2D eigenvalue weighted by Gasteiger charge is 2.39. The van der Waals surface area contributed by atoms with Gasteiger partial charge in [0.25, 0.3) is 0 Å². The lowest BCUT2D eigenvalue weighted by Gasteiger charge is -2.21. The zero-order chi connectivity index (χ0) is 13.5. The van der Waals surface area contributed by atoms with E-state index in [9.17, 15) is 17.1 Å². The third kappa shape index (κ3) is 2.25. The first-order valence-electron chi connectivity index (χ1n) is 5.60. The highest BCUT2D eigenvalue weighted by Crippen LogP contribution is 2.30. The molecule has 1 aliphatic rings. The van der Waals surface area contributed by atoms with Crippen LogP contribution in [-0.4, -0.2) is 26.1 Å². The van der Waals surface area contributed by atoms with Gasteiger partial charge in [0.15, 0.2) is 0 Å². The standard InChI is InChI=1S/C12H14FNO3S/c1-8-4-3-5-9(2)12(8)14-7-10(6-11(14)15)18(13,16)17/h3-5,10H,6-7H2,1-2H3. The van der Waals surface area contributed by atoms with E-state index in [1.807, 2.05) is 32.0 Å². The van der Waals surface area contributed by atoms with Crippen LogP contribution in [0.15, 0.2) is 18.2 Å². The van der Waals surface area contributed by atoms with Crippen LogP contribution >= 0.6 is 0 Å². The highest BCUT2D eigenvalue weighted by atomic mass is 32.3. The molecule has 1 atom stereocenters. The zero-order valence-corrected chi connectivity index (χ0v) is 11.0. The number of carbonyl (C=O) groups is 1. The van der Waals surface area contributed by atoms with Crippen molar-refractivity contribution >= 4 is 21.8 Å². The van der Waals surface area contributed by atoms with E-state index in [2.05, 4.69) is 0 Å². The second-order valence-corrected chi connectivity index (χ2v) is 6.16. The van der Waals surface area contributed by atoms with Gasteiger partial charge >= 0.3 is 10.2 Å². The third-order valence-electron chi connectivity index (χ3n) is 3.20. The molecule has 6 heteroatoms. The number of hydrogen-bond acceptors (Lipinski definition) is 3. The Labute approximate surface area is 106 Å². The summed E-state index contributed by atoms with van der Waals surface area (Å²) in [6, 6.07) is 5.54. The molecule has 1 aromatic carbocycles. The molecule has 1 heterocycles. The molecular formula is C12H14FNO3S. The maximum absolute atomic E-state index is 13.0. The Morgan fingerprint density at radius 3 is 2.28 bits per heavy atom. The molecule has 0 saturated carbocycles. The first-order valence-corrected chi connectivity index (χ1v) is 7.05. The molecule has 1 saturated heterocycles. The van der Waals surface area contributed by atoms with E-state index in [0.717, 1.165) is 11.1 Å². The molecule has 4 nitrogen and oxygen atoms in total. The van der Waals surface area contributed by atoms with Crippen LogP contribution in [0.4, 0.5) is 9.57 Å². The quantitative estimate of drug-likeness (QED) is 0.769. The van der Waals surface area contributed by atoms with Crippen LogP contribution in [-0.2, 0) is 15.0 Å². The Bertz CT molecular complexity index is 577. The number of nitrogens with zero attached hydrogens (tertiary/aromatic N) is 1. The minimum Gasteiger partial charge on any atom is -0.310 e. The summed E-state index contributed by atoms with van der Waals surface area (Å²) < 4.78 is 34.7. The Morgan fingerprint density at radius 2 is 1.83 bits per heavy atom. The van der Waals surface area contributed by atoms with E-state index in [1.54, 1.807) is 0 Å². The Morgan fingerprint density at radius 1 is 1.28 bits per heavy atom. The molecule has 1 fully saturated rings. The van der Waals surface area contributed by atoms with Crippen molar-refractivity contribution in [3.05, 3.63) is 29.3 Å². The normalized spacial score (nSPS) is 20.5. The summed E-state index contributed by atoms with van der Waals surface area (Å²) in [5, 5.41) is -1.25. The number of benzene rings is 1. The molecule has 0 aromatic heterocycles. The van der Waals surface area contributed by atoms with Crippen molar-refractivity contribution in [3.8, 4) is 0 Å². The molecule has 1 aliphatic heterocycles. The van der Waals surface area contributed by atoms with Gasteiger partial charge in [0.05, 0.1) is 0 Å². The van der Waals surface area contributed by atoms with E-state index in [1.165, 1.54) is 4.90 Å². The van der Waals surface area contributed by atoms with Crippen LogP contribution in [0.2, 0.25) is 0 Å². The average Bonchev–Trinajstić information content (AvgIpc) is 2.60.